The summed E-state index contributed by atoms with van der Waals surface area (Å²) in [6.07, 6.45) is 4.12. The molecule has 0 saturated carbocycles. The summed E-state index contributed by atoms with van der Waals surface area (Å²) in [4.78, 5) is 1.42. The van der Waals surface area contributed by atoms with Gasteiger partial charge in [0.15, 0.2) is 0 Å². The maximum Gasteiger partial charge on any atom is 0.0934 e. The number of aliphatic hydroxyl groups is 1. The quantitative estimate of drug-likeness (QED) is 0.864. The predicted molar refractivity (Wildman–Crippen MR) is 78.5 cm³/mol. The lowest BCUT2D eigenvalue weighted by Gasteiger charge is -2.25. The first kappa shape index (κ1) is 14.3. The van der Waals surface area contributed by atoms with Gasteiger partial charge in [0.25, 0.3) is 0 Å². The van der Waals surface area contributed by atoms with Crippen LogP contribution in [-0.4, -0.2) is 17.8 Å². The van der Waals surface area contributed by atoms with Crippen LogP contribution in [0.15, 0.2) is 6.07 Å². The van der Waals surface area contributed by atoms with Crippen LogP contribution in [-0.2, 0) is 6.42 Å². The maximum absolute atomic E-state index is 9.92. The molecule has 0 saturated heterocycles. The monoisotopic (exact) mass is 287 g/mol. The lowest BCUT2D eigenvalue weighted by molar-refractivity contribution is 0.141. The second-order valence-corrected chi connectivity index (χ2v) is 7.33. The second-order valence-electron chi connectivity index (χ2n) is 5.57. The van der Waals surface area contributed by atoms with Crippen molar-refractivity contribution in [2.24, 2.45) is 5.92 Å². The van der Waals surface area contributed by atoms with E-state index in [1.807, 2.05) is 0 Å². The fourth-order valence-electron chi connectivity index (χ4n) is 2.64. The minimum atomic E-state index is -0.246. The molecule has 1 aromatic rings. The van der Waals surface area contributed by atoms with Crippen LogP contribution < -0.4 is 5.32 Å². The summed E-state index contributed by atoms with van der Waals surface area (Å²) in [7, 11) is 0. The third kappa shape index (κ3) is 3.70. The van der Waals surface area contributed by atoms with Gasteiger partial charge in [-0.15, -0.1) is 11.3 Å². The molecule has 0 spiro atoms. The largest absolute Gasteiger partial charge is 0.392 e. The SMILES string of the molecule is CC(C)CC(O)CNC1CCCc2sc(Cl)cc21. The molecule has 4 heteroatoms. The van der Waals surface area contributed by atoms with Gasteiger partial charge in [-0.05, 0) is 43.2 Å². The summed E-state index contributed by atoms with van der Waals surface area (Å²) in [6.45, 7) is 4.96. The van der Waals surface area contributed by atoms with Crippen LogP contribution >= 0.6 is 22.9 Å². The lowest BCUT2D eigenvalue weighted by Crippen LogP contribution is -2.32. The van der Waals surface area contributed by atoms with Crippen LogP contribution in [0.2, 0.25) is 4.34 Å². The van der Waals surface area contributed by atoms with Crippen LogP contribution in [0.25, 0.3) is 0 Å². The lowest BCUT2D eigenvalue weighted by atomic mass is 9.93. The van der Waals surface area contributed by atoms with E-state index >= 15 is 0 Å². The molecule has 0 radical (unpaired) electrons. The summed E-state index contributed by atoms with van der Waals surface area (Å²) in [5.74, 6) is 0.541. The Morgan fingerprint density at radius 1 is 1.56 bits per heavy atom. The Labute approximate surface area is 118 Å². The number of rotatable bonds is 5. The smallest absolute Gasteiger partial charge is 0.0934 e. The Morgan fingerprint density at radius 2 is 2.33 bits per heavy atom. The molecule has 2 nitrogen and oxygen atoms in total. The Kier molecular flexibility index (Phi) is 5.07. The van der Waals surface area contributed by atoms with Gasteiger partial charge in [0, 0.05) is 17.5 Å². The molecule has 0 amide bonds. The number of hydrogen-bond donors (Lipinski definition) is 2. The summed E-state index contributed by atoms with van der Waals surface area (Å²) >= 11 is 7.79. The van der Waals surface area contributed by atoms with Crippen molar-refractivity contribution in [3.63, 3.8) is 0 Å². The number of fused-ring (bicyclic) bond motifs is 1. The van der Waals surface area contributed by atoms with E-state index in [0.717, 1.165) is 23.6 Å². The maximum atomic E-state index is 9.92. The highest BCUT2D eigenvalue weighted by atomic mass is 35.5. The van der Waals surface area contributed by atoms with E-state index in [4.69, 9.17) is 11.6 Å². The van der Waals surface area contributed by atoms with Gasteiger partial charge in [-0.25, -0.2) is 0 Å². The van der Waals surface area contributed by atoms with Crippen LogP contribution in [0.5, 0.6) is 0 Å². The van der Waals surface area contributed by atoms with Gasteiger partial charge in [-0.2, -0.15) is 0 Å². The molecule has 0 bridgehead atoms. The molecule has 2 atom stereocenters. The Bertz CT molecular complexity index is 391. The first-order chi connectivity index (χ1) is 8.56. The molecule has 102 valence electrons. The molecular formula is C14H22ClNOS. The molecule has 0 fully saturated rings. The average Bonchev–Trinajstić information content (AvgIpc) is 2.66. The van der Waals surface area contributed by atoms with Gasteiger partial charge >= 0.3 is 0 Å². The van der Waals surface area contributed by atoms with Gasteiger partial charge < -0.3 is 10.4 Å². The van der Waals surface area contributed by atoms with Crippen molar-refractivity contribution in [2.45, 2.75) is 51.7 Å². The number of nitrogens with one attached hydrogen (secondary N) is 1. The molecule has 1 heterocycles. The van der Waals surface area contributed by atoms with E-state index in [2.05, 4.69) is 25.2 Å². The van der Waals surface area contributed by atoms with Crippen molar-refractivity contribution in [3.8, 4) is 0 Å². The van der Waals surface area contributed by atoms with Crippen LogP contribution in [0.3, 0.4) is 0 Å². The zero-order chi connectivity index (χ0) is 13.1. The number of aryl methyl sites for hydroxylation is 1. The zero-order valence-corrected chi connectivity index (χ0v) is 12.7. The zero-order valence-electron chi connectivity index (χ0n) is 11.1. The topological polar surface area (TPSA) is 32.3 Å². The Hall–Kier alpha value is -0.0900. The van der Waals surface area contributed by atoms with Gasteiger partial charge in [0.1, 0.15) is 0 Å². The van der Waals surface area contributed by atoms with E-state index < -0.39 is 0 Å². The molecule has 1 aromatic heterocycles. The first-order valence-electron chi connectivity index (χ1n) is 6.75. The van der Waals surface area contributed by atoms with Crippen molar-refractivity contribution < 1.29 is 5.11 Å². The molecular weight excluding hydrogens is 266 g/mol. The number of thiophene rings is 1. The molecule has 2 unspecified atom stereocenters. The molecule has 1 aliphatic carbocycles. The molecule has 2 N–H and O–H groups in total. The van der Waals surface area contributed by atoms with Crippen LogP contribution in [0.4, 0.5) is 0 Å². The highest BCUT2D eigenvalue weighted by molar-refractivity contribution is 7.16. The summed E-state index contributed by atoms with van der Waals surface area (Å²) in [6, 6.07) is 2.46. The highest BCUT2D eigenvalue weighted by Gasteiger charge is 2.23. The third-order valence-corrected chi connectivity index (χ3v) is 4.77. The van der Waals surface area contributed by atoms with Crippen molar-refractivity contribution >= 4 is 22.9 Å². The normalized spacial score (nSPS) is 21.1. The third-order valence-electron chi connectivity index (χ3n) is 3.43. The molecule has 0 aromatic carbocycles. The fraction of sp³-hybridized carbons (Fsp3) is 0.714. The molecule has 2 rings (SSSR count). The van der Waals surface area contributed by atoms with Gasteiger partial charge in [0.2, 0.25) is 0 Å². The van der Waals surface area contributed by atoms with Gasteiger partial charge in [-0.1, -0.05) is 25.4 Å². The molecule has 18 heavy (non-hydrogen) atoms. The van der Waals surface area contributed by atoms with Crippen LogP contribution in [0, 0.1) is 5.92 Å². The van der Waals surface area contributed by atoms with Crippen molar-refractivity contribution in [2.75, 3.05) is 6.54 Å². The minimum Gasteiger partial charge on any atom is -0.392 e. The molecule has 0 aliphatic heterocycles. The Morgan fingerprint density at radius 3 is 3.06 bits per heavy atom. The second kappa shape index (κ2) is 6.38. The van der Waals surface area contributed by atoms with E-state index in [0.29, 0.717) is 18.5 Å². The van der Waals surface area contributed by atoms with Crippen molar-refractivity contribution in [1.29, 1.82) is 0 Å². The van der Waals surface area contributed by atoms with Crippen LogP contribution in [0.1, 0.15) is 49.6 Å². The molecule has 1 aliphatic rings. The summed E-state index contributed by atoms with van der Waals surface area (Å²) in [5, 5.41) is 13.4. The van der Waals surface area contributed by atoms with E-state index in [-0.39, 0.29) is 6.10 Å². The number of halogens is 1. The highest BCUT2D eigenvalue weighted by Crippen LogP contribution is 2.37. The van der Waals surface area contributed by atoms with Gasteiger partial charge in [0.05, 0.1) is 10.4 Å². The van der Waals surface area contributed by atoms with E-state index in [1.54, 1.807) is 11.3 Å². The van der Waals surface area contributed by atoms with E-state index in [9.17, 15) is 5.11 Å². The summed E-state index contributed by atoms with van der Waals surface area (Å²) in [5.41, 5.74) is 1.35. The number of aliphatic hydroxyl groups excluding tert-OH is 1. The van der Waals surface area contributed by atoms with Gasteiger partial charge in [-0.3, -0.25) is 0 Å². The average molecular weight is 288 g/mol. The first-order valence-corrected chi connectivity index (χ1v) is 7.95. The Balaban J connectivity index is 1.91. The van der Waals surface area contributed by atoms with Crippen molar-refractivity contribution in [3.05, 3.63) is 20.8 Å². The summed E-state index contributed by atoms with van der Waals surface area (Å²) < 4.78 is 0.886. The standard InChI is InChI=1S/C14H22ClNOS/c1-9(2)6-10(17)8-16-12-4-3-5-13-11(12)7-14(15)18-13/h7,9-10,12,16-17H,3-6,8H2,1-2H3. The fourth-order valence-corrected chi connectivity index (χ4v) is 4.02. The number of hydrogen-bond acceptors (Lipinski definition) is 3. The van der Waals surface area contributed by atoms with E-state index in [1.165, 1.54) is 16.9 Å². The minimum absolute atomic E-state index is 0.246. The predicted octanol–water partition coefficient (Wildman–Crippen LogP) is 3.78. The van der Waals surface area contributed by atoms with Crippen molar-refractivity contribution in [1.82, 2.24) is 5.32 Å².